The van der Waals surface area contributed by atoms with Crippen LogP contribution in [0, 0.1) is 0 Å². The highest BCUT2D eigenvalue weighted by Crippen LogP contribution is 2.36. The van der Waals surface area contributed by atoms with E-state index in [0.717, 1.165) is 4.88 Å². The van der Waals surface area contributed by atoms with Gasteiger partial charge >= 0.3 is 0 Å². The second-order valence-corrected chi connectivity index (χ2v) is 7.47. The Morgan fingerprint density at radius 1 is 1.43 bits per heavy atom. The Bertz CT molecular complexity index is 601. The van der Waals surface area contributed by atoms with Crippen LogP contribution >= 0.6 is 22.9 Å². The van der Waals surface area contributed by atoms with Crippen LogP contribution in [-0.4, -0.2) is 28.6 Å². The molecule has 0 spiro atoms. The lowest BCUT2D eigenvalue weighted by Gasteiger charge is -2.16. The second kappa shape index (κ2) is 6.48. The van der Waals surface area contributed by atoms with Crippen molar-refractivity contribution < 1.29 is 9.84 Å². The number of thiophene rings is 1. The van der Waals surface area contributed by atoms with Gasteiger partial charge in [0.25, 0.3) is 0 Å². The Balaban J connectivity index is 2.29. The molecule has 1 N–H and O–H groups in total. The van der Waals surface area contributed by atoms with Crippen LogP contribution in [0.15, 0.2) is 18.3 Å². The van der Waals surface area contributed by atoms with E-state index in [1.807, 2.05) is 6.07 Å². The maximum atomic E-state index is 10.6. The molecule has 0 aromatic carbocycles. The molecule has 0 aliphatic carbocycles. The number of rotatable bonds is 5. The third-order valence-electron chi connectivity index (χ3n) is 3.23. The summed E-state index contributed by atoms with van der Waals surface area (Å²) in [7, 11) is 1.64. The number of ether oxygens (including phenoxy) is 1. The maximum absolute atomic E-state index is 10.6. The van der Waals surface area contributed by atoms with Crippen LogP contribution in [-0.2, 0) is 16.7 Å². The van der Waals surface area contributed by atoms with E-state index in [1.54, 1.807) is 29.3 Å². The average Bonchev–Trinajstić information content (AvgIpc) is 3.02. The molecule has 0 fully saturated rings. The third-order valence-corrected chi connectivity index (χ3v) is 5.09. The van der Waals surface area contributed by atoms with E-state index < -0.39 is 6.10 Å². The smallest absolute Gasteiger partial charge is 0.131 e. The standard InChI is InChI=1S/C15H21ClN2O2S/c1-15(2,3)12-6-5-11(21-12)14(19)13-10(16)9-17-18(13)7-8-20-4/h5-6,9,14,19H,7-8H2,1-4H3. The quantitative estimate of drug-likeness (QED) is 0.911. The first-order valence-electron chi connectivity index (χ1n) is 6.83. The number of aliphatic hydroxyl groups is 1. The fraction of sp³-hybridized carbons (Fsp3) is 0.533. The molecule has 21 heavy (non-hydrogen) atoms. The van der Waals surface area contributed by atoms with Gasteiger partial charge in [-0.2, -0.15) is 5.10 Å². The number of hydrogen-bond donors (Lipinski definition) is 1. The van der Waals surface area contributed by atoms with Crippen LogP contribution in [0.1, 0.15) is 42.3 Å². The molecule has 2 rings (SSSR count). The van der Waals surface area contributed by atoms with E-state index in [-0.39, 0.29) is 5.41 Å². The normalized spacial score (nSPS) is 13.6. The van der Waals surface area contributed by atoms with Gasteiger partial charge in [-0.05, 0) is 17.5 Å². The fourth-order valence-corrected chi connectivity index (χ4v) is 3.34. The van der Waals surface area contributed by atoms with Gasteiger partial charge in [0.15, 0.2) is 0 Å². The van der Waals surface area contributed by atoms with Gasteiger partial charge < -0.3 is 9.84 Å². The minimum Gasteiger partial charge on any atom is -0.383 e. The van der Waals surface area contributed by atoms with Gasteiger partial charge in [-0.3, -0.25) is 4.68 Å². The van der Waals surface area contributed by atoms with Gasteiger partial charge in [0.05, 0.1) is 30.1 Å². The summed E-state index contributed by atoms with van der Waals surface area (Å²) in [5, 5.41) is 15.3. The van der Waals surface area contributed by atoms with E-state index in [1.165, 1.54) is 4.88 Å². The highest BCUT2D eigenvalue weighted by molar-refractivity contribution is 7.12. The van der Waals surface area contributed by atoms with Crippen molar-refractivity contribution in [2.24, 2.45) is 0 Å². The lowest BCUT2D eigenvalue weighted by atomic mass is 9.95. The molecule has 116 valence electrons. The monoisotopic (exact) mass is 328 g/mol. The maximum Gasteiger partial charge on any atom is 0.131 e. The van der Waals surface area contributed by atoms with Gasteiger partial charge in [-0.25, -0.2) is 0 Å². The zero-order valence-electron chi connectivity index (χ0n) is 12.8. The molecule has 1 unspecified atom stereocenters. The third kappa shape index (κ3) is 3.66. The van der Waals surface area contributed by atoms with Crippen molar-refractivity contribution in [3.8, 4) is 0 Å². The number of aromatic nitrogens is 2. The molecular formula is C15H21ClN2O2S. The summed E-state index contributed by atoms with van der Waals surface area (Å²) in [5.41, 5.74) is 0.693. The van der Waals surface area contributed by atoms with Crippen LogP contribution in [0.4, 0.5) is 0 Å². The van der Waals surface area contributed by atoms with Gasteiger partial charge in [-0.15, -0.1) is 11.3 Å². The molecule has 1 atom stereocenters. The molecule has 0 aliphatic rings. The highest BCUT2D eigenvalue weighted by Gasteiger charge is 2.24. The van der Waals surface area contributed by atoms with Gasteiger partial charge in [0, 0.05) is 16.9 Å². The van der Waals surface area contributed by atoms with Gasteiger partial charge in [0.2, 0.25) is 0 Å². The number of halogens is 1. The fourth-order valence-electron chi connectivity index (χ4n) is 2.04. The summed E-state index contributed by atoms with van der Waals surface area (Å²) in [5.74, 6) is 0. The number of aliphatic hydroxyl groups excluding tert-OH is 1. The highest BCUT2D eigenvalue weighted by atomic mass is 35.5. The molecule has 0 bridgehead atoms. The van der Waals surface area contributed by atoms with Gasteiger partial charge in [0.1, 0.15) is 6.10 Å². The SMILES string of the molecule is COCCn1ncc(Cl)c1C(O)c1ccc(C(C)(C)C)s1. The van der Waals surface area contributed by atoms with Crippen molar-refractivity contribution in [2.75, 3.05) is 13.7 Å². The van der Waals surface area contributed by atoms with E-state index in [2.05, 4.69) is 31.9 Å². The summed E-state index contributed by atoms with van der Waals surface area (Å²) in [6.07, 6.45) is 0.798. The Kier molecular flexibility index (Phi) is 5.09. The van der Waals surface area contributed by atoms with E-state index >= 15 is 0 Å². The Labute approximate surface area is 134 Å². The molecule has 0 amide bonds. The summed E-state index contributed by atoms with van der Waals surface area (Å²) < 4.78 is 6.76. The minimum atomic E-state index is -0.766. The molecule has 6 heteroatoms. The second-order valence-electron chi connectivity index (χ2n) is 5.95. The van der Waals surface area contributed by atoms with Crippen LogP contribution < -0.4 is 0 Å². The molecule has 4 nitrogen and oxygen atoms in total. The summed E-state index contributed by atoms with van der Waals surface area (Å²) in [6.45, 7) is 7.56. The Hall–Kier alpha value is -0.880. The topological polar surface area (TPSA) is 47.3 Å². The van der Waals surface area contributed by atoms with Crippen molar-refractivity contribution in [1.29, 1.82) is 0 Å². The number of nitrogens with zero attached hydrogens (tertiary/aromatic N) is 2. The molecule has 0 aliphatic heterocycles. The predicted octanol–water partition coefficient (Wildman–Crippen LogP) is 3.62. The van der Waals surface area contributed by atoms with E-state index in [9.17, 15) is 5.11 Å². The summed E-state index contributed by atoms with van der Waals surface area (Å²) in [6, 6.07) is 4.02. The first-order valence-corrected chi connectivity index (χ1v) is 8.02. The van der Waals surface area contributed by atoms with Crippen molar-refractivity contribution in [3.63, 3.8) is 0 Å². The van der Waals surface area contributed by atoms with E-state index in [0.29, 0.717) is 23.9 Å². The van der Waals surface area contributed by atoms with Crippen molar-refractivity contribution in [1.82, 2.24) is 9.78 Å². The van der Waals surface area contributed by atoms with Gasteiger partial charge in [-0.1, -0.05) is 32.4 Å². The molecule has 2 aromatic heterocycles. The molecular weight excluding hydrogens is 308 g/mol. The predicted molar refractivity (Wildman–Crippen MR) is 86.2 cm³/mol. The number of hydrogen-bond acceptors (Lipinski definition) is 4. The molecule has 2 aromatic rings. The zero-order valence-corrected chi connectivity index (χ0v) is 14.3. The average molecular weight is 329 g/mol. The Morgan fingerprint density at radius 3 is 2.71 bits per heavy atom. The van der Waals surface area contributed by atoms with E-state index in [4.69, 9.17) is 16.3 Å². The lowest BCUT2D eigenvalue weighted by molar-refractivity contribution is 0.172. The van der Waals surface area contributed by atoms with Crippen molar-refractivity contribution >= 4 is 22.9 Å². The first-order chi connectivity index (χ1) is 9.84. The minimum absolute atomic E-state index is 0.0721. The van der Waals surface area contributed by atoms with Crippen molar-refractivity contribution in [3.05, 3.63) is 38.8 Å². The Morgan fingerprint density at radius 2 is 2.14 bits per heavy atom. The lowest BCUT2D eigenvalue weighted by Crippen LogP contribution is -2.13. The van der Waals surface area contributed by atoms with Crippen LogP contribution in [0.25, 0.3) is 0 Å². The molecule has 2 heterocycles. The zero-order chi connectivity index (χ0) is 15.6. The molecule has 0 radical (unpaired) electrons. The number of methoxy groups -OCH3 is 1. The van der Waals surface area contributed by atoms with Crippen LogP contribution in [0.5, 0.6) is 0 Å². The van der Waals surface area contributed by atoms with Crippen LogP contribution in [0.3, 0.4) is 0 Å². The summed E-state index contributed by atoms with van der Waals surface area (Å²) >= 11 is 7.79. The van der Waals surface area contributed by atoms with Crippen LogP contribution in [0.2, 0.25) is 5.02 Å². The van der Waals surface area contributed by atoms with Crippen molar-refractivity contribution in [2.45, 2.75) is 38.8 Å². The molecule has 0 saturated carbocycles. The summed E-state index contributed by atoms with van der Waals surface area (Å²) in [4.78, 5) is 2.11. The molecule has 0 saturated heterocycles. The first kappa shape index (κ1) is 16.5. The largest absolute Gasteiger partial charge is 0.383 e.